The summed E-state index contributed by atoms with van der Waals surface area (Å²) in [7, 11) is 0. The van der Waals surface area contributed by atoms with Gasteiger partial charge in [-0.05, 0) is 18.2 Å². The Morgan fingerprint density at radius 2 is 2.07 bits per heavy atom. The van der Waals surface area contributed by atoms with Crippen molar-refractivity contribution in [2.45, 2.75) is 6.18 Å². The molecule has 0 heterocycles. The Labute approximate surface area is 83.4 Å². The van der Waals surface area contributed by atoms with Crippen molar-refractivity contribution in [2.24, 2.45) is 10.7 Å². The lowest BCUT2D eigenvalue weighted by molar-refractivity contribution is -0.137. The Hall–Kier alpha value is -1.85. The summed E-state index contributed by atoms with van der Waals surface area (Å²) in [5, 5.41) is 0. The molecular weight excluding hydrogens is 209 g/mol. The molecule has 0 aliphatic heterocycles. The maximum Gasteiger partial charge on any atom is 0.416 e. The van der Waals surface area contributed by atoms with Gasteiger partial charge in [0.2, 0.25) is 0 Å². The summed E-state index contributed by atoms with van der Waals surface area (Å²) >= 11 is 0. The van der Waals surface area contributed by atoms with Gasteiger partial charge in [-0.1, -0.05) is 6.07 Å². The number of alkyl halides is 3. The number of benzene rings is 1. The minimum atomic E-state index is -4.47. The molecule has 15 heavy (non-hydrogen) atoms. The Bertz CT molecular complexity index is 399. The number of nitrogens with zero attached hydrogens (tertiary/aromatic N) is 1. The van der Waals surface area contributed by atoms with Crippen molar-refractivity contribution in [1.29, 1.82) is 0 Å². The molecule has 0 aliphatic rings. The van der Waals surface area contributed by atoms with Gasteiger partial charge in [-0.3, -0.25) is 4.79 Å². The second-order valence-corrected chi connectivity index (χ2v) is 2.66. The van der Waals surface area contributed by atoms with Crippen molar-refractivity contribution in [3.8, 4) is 0 Å². The van der Waals surface area contributed by atoms with Crippen LogP contribution in [0.4, 0.5) is 13.2 Å². The molecule has 0 fully saturated rings. The van der Waals surface area contributed by atoms with Gasteiger partial charge in [-0.15, -0.1) is 0 Å². The second-order valence-electron chi connectivity index (χ2n) is 2.66. The fourth-order valence-electron chi connectivity index (χ4n) is 0.971. The Balaban J connectivity index is 3.08. The number of aliphatic imine (C=N–C) groups is 1. The maximum atomic E-state index is 12.2. The van der Waals surface area contributed by atoms with E-state index in [-0.39, 0.29) is 5.56 Å². The van der Waals surface area contributed by atoms with Crippen LogP contribution >= 0.6 is 0 Å². The number of carbonyl (C=O) groups is 1. The standard InChI is InChI=1S/C9H7F3N2O/c10-9(11,12)7-3-1-2-6(4-7)8(15)14-5-13/h1-5H,(H2,13,14,15). The molecule has 0 atom stereocenters. The molecule has 0 bridgehead atoms. The van der Waals surface area contributed by atoms with Gasteiger partial charge in [-0.2, -0.15) is 18.2 Å². The number of amides is 1. The first-order valence-electron chi connectivity index (χ1n) is 3.91. The Morgan fingerprint density at radius 1 is 1.40 bits per heavy atom. The van der Waals surface area contributed by atoms with E-state index in [0.29, 0.717) is 0 Å². The lowest BCUT2D eigenvalue weighted by Gasteiger charge is -2.06. The first-order valence-corrected chi connectivity index (χ1v) is 3.91. The molecule has 3 nitrogen and oxygen atoms in total. The average molecular weight is 216 g/mol. The lowest BCUT2D eigenvalue weighted by atomic mass is 10.1. The van der Waals surface area contributed by atoms with E-state index in [1.165, 1.54) is 6.07 Å². The monoisotopic (exact) mass is 216 g/mol. The van der Waals surface area contributed by atoms with Crippen molar-refractivity contribution in [2.75, 3.05) is 0 Å². The van der Waals surface area contributed by atoms with E-state index < -0.39 is 17.6 Å². The molecule has 0 aliphatic carbocycles. The molecule has 0 saturated heterocycles. The molecule has 0 radical (unpaired) electrons. The third kappa shape index (κ3) is 2.80. The normalized spacial score (nSPS) is 11.9. The highest BCUT2D eigenvalue weighted by Gasteiger charge is 2.30. The van der Waals surface area contributed by atoms with Gasteiger partial charge < -0.3 is 5.73 Å². The van der Waals surface area contributed by atoms with E-state index in [2.05, 4.69) is 4.99 Å². The van der Waals surface area contributed by atoms with Gasteiger partial charge in [0.05, 0.1) is 11.9 Å². The zero-order valence-corrected chi connectivity index (χ0v) is 7.45. The number of hydrogen-bond donors (Lipinski definition) is 1. The lowest BCUT2D eigenvalue weighted by Crippen LogP contribution is -2.07. The Kier molecular flexibility index (Phi) is 3.08. The summed E-state index contributed by atoms with van der Waals surface area (Å²) in [6.45, 7) is 0. The predicted molar refractivity (Wildman–Crippen MR) is 48.5 cm³/mol. The van der Waals surface area contributed by atoms with Crippen LogP contribution in [0.3, 0.4) is 0 Å². The fourth-order valence-corrected chi connectivity index (χ4v) is 0.971. The maximum absolute atomic E-state index is 12.2. The third-order valence-electron chi connectivity index (χ3n) is 1.63. The summed E-state index contributed by atoms with van der Waals surface area (Å²) in [5.74, 6) is -0.802. The molecular formula is C9H7F3N2O. The van der Waals surface area contributed by atoms with Crippen LogP contribution in [0.25, 0.3) is 0 Å². The van der Waals surface area contributed by atoms with Crippen molar-refractivity contribution in [3.05, 3.63) is 35.4 Å². The van der Waals surface area contributed by atoms with Crippen LogP contribution in [-0.2, 0) is 6.18 Å². The van der Waals surface area contributed by atoms with Crippen molar-refractivity contribution >= 4 is 12.2 Å². The van der Waals surface area contributed by atoms with Gasteiger partial charge >= 0.3 is 6.18 Å². The molecule has 0 unspecified atom stereocenters. The van der Waals surface area contributed by atoms with E-state index in [0.717, 1.165) is 24.5 Å². The van der Waals surface area contributed by atoms with Crippen LogP contribution in [0.1, 0.15) is 15.9 Å². The summed E-state index contributed by atoms with van der Waals surface area (Å²) in [5.41, 5.74) is 3.82. The van der Waals surface area contributed by atoms with Gasteiger partial charge in [0, 0.05) is 5.56 Å². The minimum Gasteiger partial charge on any atom is -0.390 e. The molecule has 6 heteroatoms. The highest BCUT2D eigenvalue weighted by atomic mass is 19.4. The van der Waals surface area contributed by atoms with Gasteiger partial charge in [0.25, 0.3) is 5.91 Å². The minimum absolute atomic E-state index is 0.147. The van der Waals surface area contributed by atoms with Crippen molar-refractivity contribution in [1.82, 2.24) is 0 Å². The average Bonchev–Trinajstić information content (AvgIpc) is 2.17. The molecule has 0 aromatic heterocycles. The zero-order valence-electron chi connectivity index (χ0n) is 7.45. The van der Waals surface area contributed by atoms with E-state index in [1.54, 1.807) is 0 Å². The molecule has 0 spiro atoms. The molecule has 2 N–H and O–H groups in total. The van der Waals surface area contributed by atoms with Crippen molar-refractivity contribution < 1.29 is 18.0 Å². The number of halogens is 3. The molecule has 1 aromatic rings. The Morgan fingerprint density at radius 3 is 2.60 bits per heavy atom. The van der Waals surface area contributed by atoms with Crippen LogP contribution in [0.15, 0.2) is 29.3 Å². The highest BCUT2D eigenvalue weighted by molar-refractivity contribution is 5.98. The van der Waals surface area contributed by atoms with Crippen LogP contribution in [0, 0.1) is 0 Å². The summed E-state index contributed by atoms with van der Waals surface area (Å²) in [6, 6.07) is 3.99. The van der Waals surface area contributed by atoms with E-state index in [9.17, 15) is 18.0 Å². The third-order valence-corrected chi connectivity index (χ3v) is 1.63. The van der Waals surface area contributed by atoms with E-state index >= 15 is 0 Å². The molecule has 0 saturated carbocycles. The number of nitrogens with two attached hydrogens (primary N) is 1. The smallest absolute Gasteiger partial charge is 0.390 e. The molecule has 1 amide bonds. The molecule has 1 aromatic carbocycles. The highest BCUT2D eigenvalue weighted by Crippen LogP contribution is 2.29. The van der Waals surface area contributed by atoms with Crippen LogP contribution < -0.4 is 5.73 Å². The van der Waals surface area contributed by atoms with E-state index in [4.69, 9.17) is 5.73 Å². The second kappa shape index (κ2) is 4.12. The fraction of sp³-hybridized carbons (Fsp3) is 0.111. The molecule has 80 valence electrons. The largest absolute Gasteiger partial charge is 0.416 e. The first-order chi connectivity index (χ1) is 6.95. The predicted octanol–water partition coefficient (Wildman–Crippen LogP) is 1.83. The summed E-state index contributed by atoms with van der Waals surface area (Å²) in [6.07, 6.45) is -3.73. The topological polar surface area (TPSA) is 55.4 Å². The first kappa shape index (κ1) is 11.2. The number of carbonyl (C=O) groups excluding carboxylic acids is 1. The van der Waals surface area contributed by atoms with Crippen LogP contribution in [0.2, 0.25) is 0 Å². The van der Waals surface area contributed by atoms with Gasteiger partial charge in [0.15, 0.2) is 0 Å². The number of hydrogen-bond acceptors (Lipinski definition) is 1. The molecule has 1 rings (SSSR count). The quantitative estimate of drug-likeness (QED) is 0.575. The summed E-state index contributed by atoms with van der Waals surface area (Å²) < 4.78 is 36.7. The van der Waals surface area contributed by atoms with Gasteiger partial charge in [-0.25, -0.2) is 0 Å². The van der Waals surface area contributed by atoms with Crippen LogP contribution in [0.5, 0.6) is 0 Å². The van der Waals surface area contributed by atoms with E-state index in [1.807, 2.05) is 0 Å². The summed E-state index contributed by atoms with van der Waals surface area (Å²) in [4.78, 5) is 14.2. The van der Waals surface area contributed by atoms with Crippen LogP contribution in [-0.4, -0.2) is 12.2 Å². The zero-order chi connectivity index (χ0) is 11.5. The van der Waals surface area contributed by atoms with Gasteiger partial charge in [0.1, 0.15) is 0 Å². The SMILES string of the molecule is NC=NC(=O)c1cccc(C(F)(F)F)c1. The number of rotatable bonds is 1. The van der Waals surface area contributed by atoms with Crippen molar-refractivity contribution in [3.63, 3.8) is 0 Å².